The molecule has 0 saturated carbocycles. The average molecular weight is 263 g/mol. The molecule has 1 rings (SSSR count). The molecule has 1 atom stereocenters. The van der Waals surface area contributed by atoms with Crippen molar-refractivity contribution in [2.75, 3.05) is 0 Å². The van der Waals surface area contributed by atoms with Gasteiger partial charge in [0.25, 0.3) is 10.0 Å². The Balaban J connectivity index is 3.03. The standard InChI is InChI=1S/C9H13NO4S2/c1-5-4-6(2)15-9(5)16(13,14)10-7(3)8(11)12/h4,7,10H,1-3H3,(H,11,12)/t7-/m0/s1. The molecule has 0 aliphatic rings. The number of carbonyl (C=O) groups is 1. The second-order valence-corrected chi connectivity index (χ2v) is 6.67. The van der Waals surface area contributed by atoms with Gasteiger partial charge in [0.05, 0.1) is 0 Å². The fourth-order valence-electron chi connectivity index (χ4n) is 1.22. The largest absolute Gasteiger partial charge is 0.480 e. The molecule has 90 valence electrons. The van der Waals surface area contributed by atoms with Gasteiger partial charge in [0.15, 0.2) is 0 Å². The van der Waals surface area contributed by atoms with E-state index in [1.807, 2.05) is 0 Å². The van der Waals surface area contributed by atoms with Crippen LogP contribution in [0.4, 0.5) is 0 Å². The molecular formula is C9H13NO4S2. The molecule has 0 bridgehead atoms. The van der Waals surface area contributed by atoms with E-state index < -0.39 is 22.0 Å². The second-order valence-electron chi connectivity index (χ2n) is 3.51. The maximum absolute atomic E-state index is 11.8. The first kappa shape index (κ1) is 13.1. The van der Waals surface area contributed by atoms with Crippen LogP contribution in [-0.4, -0.2) is 25.5 Å². The van der Waals surface area contributed by atoms with Gasteiger partial charge >= 0.3 is 5.97 Å². The van der Waals surface area contributed by atoms with Crippen LogP contribution in [0.1, 0.15) is 17.4 Å². The van der Waals surface area contributed by atoms with Crippen LogP contribution in [0.5, 0.6) is 0 Å². The van der Waals surface area contributed by atoms with E-state index in [9.17, 15) is 13.2 Å². The SMILES string of the molecule is Cc1cc(C)c(S(=O)(=O)N[C@@H](C)C(=O)O)s1. The number of rotatable bonds is 4. The maximum Gasteiger partial charge on any atom is 0.321 e. The Bertz CT molecular complexity index is 504. The van der Waals surface area contributed by atoms with E-state index in [4.69, 9.17) is 5.11 Å². The third-order valence-corrected chi connectivity index (χ3v) is 5.27. The van der Waals surface area contributed by atoms with Crippen LogP contribution in [0.15, 0.2) is 10.3 Å². The zero-order chi connectivity index (χ0) is 12.5. The van der Waals surface area contributed by atoms with Crippen LogP contribution in [0.2, 0.25) is 0 Å². The highest BCUT2D eigenvalue weighted by Crippen LogP contribution is 2.25. The summed E-state index contributed by atoms with van der Waals surface area (Å²) in [6.45, 7) is 4.77. The molecule has 5 nitrogen and oxygen atoms in total. The molecule has 0 fully saturated rings. The molecule has 0 aliphatic carbocycles. The lowest BCUT2D eigenvalue weighted by Crippen LogP contribution is -2.38. The zero-order valence-corrected chi connectivity index (χ0v) is 10.8. The molecular weight excluding hydrogens is 250 g/mol. The van der Waals surface area contributed by atoms with Gasteiger partial charge in [0.2, 0.25) is 0 Å². The molecule has 0 radical (unpaired) electrons. The van der Waals surface area contributed by atoms with E-state index in [2.05, 4.69) is 4.72 Å². The first-order chi connectivity index (χ1) is 7.24. The summed E-state index contributed by atoms with van der Waals surface area (Å²) < 4.78 is 25.9. The van der Waals surface area contributed by atoms with Crippen LogP contribution >= 0.6 is 11.3 Å². The van der Waals surface area contributed by atoms with Crippen LogP contribution in [0.25, 0.3) is 0 Å². The zero-order valence-electron chi connectivity index (χ0n) is 9.14. The van der Waals surface area contributed by atoms with Gasteiger partial charge in [0.1, 0.15) is 10.3 Å². The van der Waals surface area contributed by atoms with E-state index in [0.717, 1.165) is 16.2 Å². The third-order valence-electron chi connectivity index (χ3n) is 1.94. The predicted octanol–water partition coefficient (Wildman–Crippen LogP) is 1.12. The van der Waals surface area contributed by atoms with Crippen molar-refractivity contribution in [3.63, 3.8) is 0 Å². The minimum Gasteiger partial charge on any atom is -0.480 e. The predicted molar refractivity (Wildman–Crippen MR) is 61.2 cm³/mol. The Morgan fingerprint density at radius 1 is 1.50 bits per heavy atom. The molecule has 1 aromatic heterocycles. The van der Waals surface area contributed by atoms with E-state index in [0.29, 0.717) is 5.56 Å². The molecule has 0 aliphatic heterocycles. The molecule has 0 saturated heterocycles. The number of carboxylic acids is 1. The van der Waals surface area contributed by atoms with Gasteiger partial charge < -0.3 is 5.11 Å². The van der Waals surface area contributed by atoms with Crippen LogP contribution in [0.3, 0.4) is 0 Å². The number of carboxylic acid groups (broad SMARTS) is 1. The van der Waals surface area contributed by atoms with Crippen molar-refractivity contribution in [1.29, 1.82) is 0 Å². The summed E-state index contributed by atoms with van der Waals surface area (Å²) in [5.41, 5.74) is 0.632. The minimum atomic E-state index is -3.73. The van der Waals surface area contributed by atoms with E-state index in [1.165, 1.54) is 6.92 Å². The van der Waals surface area contributed by atoms with Crippen molar-refractivity contribution in [1.82, 2.24) is 4.72 Å². The molecule has 2 N–H and O–H groups in total. The van der Waals surface area contributed by atoms with Crippen LogP contribution in [0, 0.1) is 13.8 Å². The summed E-state index contributed by atoms with van der Waals surface area (Å²) >= 11 is 1.13. The first-order valence-corrected chi connectivity index (χ1v) is 6.86. The van der Waals surface area contributed by atoms with Crippen molar-refractivity contribution >= 4 is 27.3 Å². The number of sulfonamides is 1. The Labute approximate surface area is 98.2 Å². The number of aliphatic carboxylic acids is 1. The monoisotopic (exact) mass is 263 g/mol. The highest BCUT2D eigenvalue weighted by atomic mass is 32.2. The van der Waals surface area contributed by atoms with Gasteiger partial charge in [-0.25, -0.2) is 8.42 Å². The maximum atomic E-state index is 11.8. The van der Waals surface area contributed by atoms with Crippen LogP contribution < -0.4 is 4.72 Å². The smallest absolute Gasteiger partial charge is 0.321 e. The highest BCUT2D eigenvalue weighted by Gasteiger charge is 2.24. The van der Waals surface area contributed by atoms with E-state index in [-0.39, 0.29) is 4.21 Å². The number of aryl methyl sites for hydroxylation is 2. The average Bonchev–Trinajstić information content (AvgIpc) is 2.45. The number of hydrogen-bond acceptors (Lipinski definition) is 4. The fourth-order valence-corrected chi connectivity index (χ4v) is 4.11. The van der Waals surface area contributed by atoms with E-state index >= 15 is 0 Å². The Morgan fingerprint density at radius 3 is 2.44 bits per heavy atom. The lowest BCUT2D eigenvalue weighted by molar-refractivity contribution is -0.138. The minimum absolute atomic E-state index is 0.179. The Morgan fingerprint density at radius 2 is 2.06 bits per heavy atom. The summed E-state index contributed by atoms with van der Waals surface area (Å²) in [6, 6.07) is 0.622. The summed E-state index contributed by atoms with van der Waals surface area (Å²) in [7, 11) is -3.73. The Kier molecular flexibility index (Phi) is 3.72. The molecule has 0 spiro atoms. The second kappa shape index (κ2) is 4.52. The van der Waals surface area contributed by atoms with Gasteiger partial charge in [-0.15, -0.1) is 11.3 Å². The van der Waals surface area contributed by atoms with Gasteiger partial charge in [-0.2, -0.15) is 4.72 Å². The molecule has 0 aromatic carbocycles. The number of thiophene rings is 1. The molecule has 1 aromatic rings. The summed E-state index contributed by atoms with van der Waals surface area (Å²) in [6.07, 6.45) is 0. The molecule has 16 heavy (non-hydrogen) atoms. The van der Waals surface area contributed by atoms with E-state index in [1.54, 1.807) is 19.9 Å². The summed E-state index contributed by atoms with van der Waals surface area (Å²) in [4.78, 5) is 11.5. The van der Waals surface area contributed by atoms with Gasteiger partial charge in [-0.1, -0.05) is 0 Å². The number of hydrogen-bond donors (Lipinski definition) is 2. The normalized spacial score (nSPS) is 13.7. The molecule has 1 heterocycles. The Hall–Kier alpha value is -0.920. The van der Waals surface area contributed by atoms with Crippen molar-refractivity contribution in [2.24, 2.45) is 0 Å². The fraction of sp³-hybridized carbons (Fsp3) is 0.444. The van der Waals surface area contributed by atoms with Gasteiger partial charge in [-0.3, -0.25) is 4.79 Å². The van der Waals surface area contributed by atoms with Crippen molar-refractivity contribution in [2.45, 2.75) is 31.0 Å². The third kappa shape index (κ3) is 2.81. The van der Waals surface area contributed by atoms with Crippen molar-refractivity contribution in [3.05, 3.63) is 16.5 Å². The summed E-state index contributed by atoms with van der Waals surface area (Å²) in [5, 5.41) is 8.64. The highest BCUT2D eigenvalue weighted by molar-refractivity contribution is 7.91. The summed E-state index contributed by atoms with van der Waals surface area (Å²) in [5.74, 6) is -1.20. The van der Waals surface area contributed by atoms with Gasteiger partial charge in [-0.05, 0) is 32.4 Å². The quantitative estimate of drug-likeness (QED) is 0.852. The van der Waals surface area contributed by atoms with Gasteiger partial charge in [0, 0.05) is 4.88 Å². The molecule has 0 unspecified atom stereocenters. The lowest BCUT2D eigenvalue weighted by Gasteiger charge is -2.09. The topological polar surface area (TPSA) is 83.5 Å². The van der Waals surface area contributed by atoms with Crippen molar-refractivity contribution in [3.8, 4) is 0 Å². The lowest BCUT2D eigenvalue weighted by atomic mass is 10.4. The molecule has 0 amide bonds. The van der Waals surface area contributed by atoms with Crippen LogP contribution in [-0.2, 0) is 14.8 Å². The molecule has 7 heteroatoms. The number of nitrogens with one attached hydrogen (secondary N) is 1. The first-order valence-electron chi connectivity index (χ1n) is 4.56. The van der Waals surface area contributed by atoms with Crippen molar-refractivity contribution < 1.29 is 18.3 Å².